The van der Waals surface area contributed by atoms with Crippen molar-refractivity contribution >= 4 is 16.9 Å². The van der Waals surface area contributed by atoms with Crippen molar-refractivity contribution < 1.29 is 9.18 Å². The van der Waals surface area contributed by atoms with Gasteiger partial charge in [0.25, 0.3) is 5.91 Å². The fourth-order valence-electron chi connectivity index (χ4n) is 3.44. The van der Waals surface area contributed by atoms with Gasteiger partial charge in [-0.2, -0.15) is 5.10 Å². The fourth-order valence-corrected chi connectivity index (χ4v) is 3.44. The Morgan fingerprint density at radius 1 is 1.26 bits per heavy atom. The van der Waals surface area contributed by atoms with Gasteiger partial charge < -0.3 is 9.88 Å². The van der Waals surface area contributed by atoms with Crippen molar-refractivity contribution in [2.24, 2.45) is 0 Å². The minimum Gasteiger partial charge on any atom is -0.335 e. The summed E-state index contributed by atoms with van der Waals surface area (Å²) in [6.45, 7) is 0.592. The quantitative estimate of drug-likeness (QED) is 0.586. The molecule has 1 aliphatic heterocycles. The van der Waals surface area contributed by atoms with E-state index in [4.69, 9.17) is 0 Å². The Morgan fingerprint density at radius 3 is 2.93 bits per heavy atom. The molecule has 0 spiro atoms. The van der Waals surface area contributed by atoms with Crippen LogP contribution in [-0.4, -0.2) is 42.5 Å². The van der Waals surface area contributed by atoms with Crippen molar-refractivity contribution in [2.45, 2.75) is 12.5 Å². The molecule has 0 bridgehead atoms. The standard InChI is InChI=1S/C19H15FN6O/c20-14-10-21-5-3-13(14)17-4-6-26(17)19(27)16-7-11-1-2-15(24-18(11)25-16)12-8-22-23-9-12/h1-3,5,7-10,17H,4,6H2,(H,22,23)(H,24,25)/t17-/m1/s1. The molecule has 1 amide bonds. The predicted octanol–water partition coefficient (Wildman–Crippen LogP) is 3.07. The van der Waals surface area contributed by atoms with Crippen LogP contribution in [0, 0.1) is 5.82 Å². The smallest absolute Gasteiger partial charge is 0.270 e. The van der Waals surface area contributed by atoms with Crippen LogP contribution in [0.2, 0.25) is 0 Å². The van der Waals surface area contributed by atoms with Crippen LogP contribution in [0.4, 0.5) is 4.39 Å². The first-order valence-electron chi connectivity index (χ1n) is 8.60. The summed E-state index contributed by atoms with van der Waals surface area (Å²) in [6, 6.07) is 6.94. The molecule has 1 atom stereocenters. The monoisotopic (exact) mass is 362 g/mol. The van der Waals surface area contributed by atoms with E-state index in [1.165, 1.54) is 6.20 Å². The van der Waals surface area contributed by atoms with Gasteiger partial charge >= 0.3 is 0 Å². The summed E-state index contributed by atoms with van der Waals surface area (Å²) in [6.07, 6.45) is 6.91. The molecule has 4 aromatic rings. The average molecular weight is 362 g/mol. The summed E-state index contributed by atoms with van der Waals surface area (Å²) >= 11 is 0. The molecule has 0 aromatic carbocycles. The molecule has 134 valence electrons. The Labute approximate surface area is 153 Å². The van der Waals surface area contributed by atoms with Crippen molar-refractivity contribution in [2.75, 3.05) is 6.54 Å². The topological polar surface area (TPSA) is 90.6 Å². The molecule has 27 heavy (non-hydrogen) atoms. The Balaban J connectivity index is 1.45. The molecule has 4 aromatic heterocycles. The lowest BCUT2D eigenvalue weighted by Crippen LogP contribution is -2.45. The third-order valence-electron chi connectivity index (χ3n) is 4.95. The van der Waals surface area contributed by atoms with Gasteiger partial charge in [0.15, 0.2) is 0 Å². The van der Waals surface area contributed by atoms with E-state index < -0.39 is 0 Å². The van der Waals surface area contributed by atoms with Crippen molar-refractivity contribution in [1.82, 2.24) is 30.0 Å². The van der Waals surface area contributed by atoms with Crippen LogP contribution in [0.15, 0.2) is 49.1 Å². The lowest BCUT2D eigenvalue weighted by molar-refractivity contribution is 0.0447. The van der Waals surface area contributed by atoms with Gasteiger partial charge in [0.05, 0.1) is 24.1 Å². The highest BCUT2D eigenvalue weighted by Gasteiger charge is 2.36. The number of carbonyl (C=O) groups excluding carboxylic acids is 1. The van der Waals surface area contributed by atoms with E-state index in [1.807, 2.05) is 12.1 Å². The number of hydrogen-bond acceptors (Lipinski definition) is 4. The third kappa shape index (κ3) is 2.57. The molecule has 0 radical (unpaired) electrons. The molecular formula is C19H15FN6O. The molecule has 0 saturated carbocycles. The molecule has 1 saturated heterocycles. The summed E-state index contributed by atoms with van der Waals surface area (Å²) in [7, 11) is 0. The second-order valence-electron chi connectivity index (χ2n) is 6.50. The fraction of sp³-hybridized carbons (Fsp3) is 0.158. The van der Waals surface area contributed by atoms with Gasteiger partial charge in [0.2, 0.25) is 0 Å². The number of hydrogen-bond donors (Lipinski definition) is 2. The first-order chi connectivity index (χ1) is 13.2. The van der Waals surface area contributed by atoms with E-state index in [1.54, 1.807) is 35.6 Å². The first kappa shape index (κ1) is 15.7. The van der Waals surface area contributed by atoms with Gasteiger partial charge in [-0.15, -0.1) is 0 Å². The number of carbonyl (C=O) groups is 1. The van der Waals surface area contributed by atoms with E-state index >= 15 is 0 Å². The van der Waals surface area contributed by atoms with Gasteiger partial charge in [0.1, 0.15) is 17.2 Å². The molecule has 1 aliphatic rings. The van der Waals surface area contributed by atoms with E-state index in [-0.39, 0.29) is 17.8 Å². The Bertz CT molecular complexity index is 1140. The number of H-pyrrole nitrogens is 2. The number of nitrogens with zero attached hydrogens (tertiary/aromatic N) is 4. The van der Waals surface area contributed by atoms with Crippen LogP contribution in [-0.2, 0) is 0 Å². The predicted molar refractivity (Wildman–Crippen MR) is 96.3 cm³/mol. The highest BCUT2D eigenvalue weighted by atomic mass is 19.1. The zero-order valence-corrected chi connectivity index (χ0v) is 14.2. The average Bonchev–Trinajstić information content (AvgIpc) is 3.31. The maximum atomic E-state index is 14.0. The van der Waals surface area contributed by atoms with Gasteiger partial charge in [-0.3, -0.25) is 14.9 Å². The third-order valence-corrected chi connectivity index (χ3v) is 4.95. The second kappa shape index (κ2) is 6.01. The lowest BCUT2D eigenvalue weighted by atomic mass is 9.94. The van der Waals surface area contributed by atoms with Crippen LogP contribution in [0.3, 0.4) is 0 Å². The zero-order chi connectivity index (χ0) is 18.4. The maximum absolute atomic E-state index is 14.0. The number of aromatic amines is 2. The van der Waals surface area contributed by atoms with Gasteiger partial charge in [-0.05, 0) is 30.7 Å². The normalized spacial score (nSPS) is 16.5. The molecule has 8 heteroatoms. The van der Waals surface area contributed by atoms with Crippen LogP contribution < -0.4 is 0 Å². The number of likely N-dealkylation sites (tertiary alicyclic amines) is 1. The van der Waals surface area contributed by atoms with Crippen LogP contribution in [0.5, 0.6) is 0 Å². The molecule has 5 heterocycles. The van der Waals surface area contributed by atoms with Crippen LogP contribution in [0.1, 0.15) is 28.5 Å². The van der Waals surface area contributed by atoms with E-state index in [0.717, 1.165) is 23.1 Å². The molecular weight excluding hydrogens is 347 g/mol. The SMILES string of the molecule is O=C(c1cc2ccc(-c3cn[nH]c3)nc2[nH]1)N1CC[C@@H]1c1ccncc1F. The lowest BCUT2D eigenvalue weighted by Gasteiger charge is -2.41. The first-order valence-corrected chi connectivity index (χ1v) is 8.60. The summed E-state index contributed by atoms with van der Waals surface area (Å²) in [5, 5.41) is 7.53. The Kier molecular flexibility index (Phi) is 3.49. The molecule has 0 aliphatic carbocycles. The molecule has 5 rings (SSSR count). The number of rotatable bonds is 3. The summed E-state index contributed by atoms with van der Waals surface area (Å²) in [5.74, 6) is -0.548. The van der Waals surface area contributed by atoms with Crippen molar-refractivity contribution in [3.05, 3.63) is 66.1 Å². The minimum atomic E-state index is -0.386. The van der Waals surface area contributed by atoms with Crippen molar-refractivity contribution in [3.8, 4) is 11.3 Å². The number of aromatic nitrogens is 5. The second-order valence-corrected chi connectivity index (χ2v) is 6.50. The summed E-state index contributed by atoms with van der Waals surface area (Å²) in [5.41, 5.74) is 3.21. The van der Waals surface area contributed by atoms with Crippen LogP contribution in [0.25, 0.3) is 22.3 Å². The maximum Gasteiger partial charge on any atom is 0.270 e. The number of amides is 1. The van der Waals surface area contributed by atoms with E-state index in [9.17, 15) is 9.18 Å². The number of nitrogens with one attached hydrogen (secondary N) is 2. The summed E-state index contributed by atoms with van der Waals surface area (Å²) < 4.78 is 14.0. The molecule has 1 fully saturated rings. The number of halogens is 1. The minimum absolute atomic E-state index is 0.162. The van der Waals surface area contributed by atoms with Gasteiger partial charge in [0, 0.05) is 35.5 Å². The van der Waals surface area contributed by atoms with Gasteiger partial charge in [-0.25, -0.2) is 9.37 Å². The number of fused-ring (bicyclic) bond motifs is 1. The Morgan fingerprint density at radius 2 is 2.19 bits per heavy atom. The molecule has 2 N–H and O–H groups in total. The largest absolute Gasteiger partial charge is 0.335 e. The molecule has 7 nitrogen and oxygen atoms in total. The van der Waals surface area contributed by atoms with Gasteiger partial charge in [-0.1, -0.05) is 0 Å². The number of pyridine rings is 2. The Hall–Kier alpha value is -3.55. The molecule has 0 unspecified atom stereocenters. The van der Waals surface area contributed by atoms with Crippen molar-refractivity contribution in [3.63, 3.8) is 0 Å². The van der Waals surface area contributed by atoms with Crippen molar-refractivity contribution in [1.29, 1.82) is 0 Å². The van der Waals surface area contributed by atoms with E-state index in [2.05, 4.69) is 25.1 Å². The highest BCUT2D eigenvalue weighted by molar-refractivity contribution is 5.98. The van der Waals surface area contributed by atoms with Crippen LogP contribution >= 0.6 is 0 Å². The highest BCUT2D eigenvalue weighted by Crippen LogP contribution is 2.35. The zero-order valence-electron chi connectivity index (χ0n) is 14.2. The summed E-state index contributed by atoms with van der Waals surface area (Å²) in [4.78, 5) is 26.0. The van der Waals surface area contributed by atoms with E-state index in [0.29, 0.717) is 23.4 Å².